The van der Waals surface area contributed by atoms with Crippen molar-refractivity contribution in [3.63, 3.8) is 0 Å². The molecule has 1 saturated heterocycles. The van der Waals surface area contributed by atoms with Crippen LogP contribution in [-0.2, 0) is 4.74 Å². The number of aryl methyl sites for hydroxylation is 1. The van der Waals surface area contributed by atoms with Gasteiger partial charge in [-0.2, -0.15) is 0 Å². The Morgan fingerprint density at radius 1 is 1.33 bits per heavy atom. The minimum Gasteiger partial charge on any atom is -0.379 e. The molecule has 1 amide bonds. The van der Waals surface area contributed by atoms with E-state index in [1.807, 2.05) is 23.4 Å². The van der Waals surface area contributed by atoms with Gasteiger partial charge in [0, 0.05) is 25.2 Å². The maximum absolute atomic E-state index is 13.1. The Kier molecular flexibility index (Phi) is 4.57. The monoisotopic (exact) mass is 270 g/mol. The number of morpholine rings is 1. The summed E-state index contributed by atoms with van der Waals surface area (Å²) in [5, 5.41) is 0. The lowest BCUT2D eigenvalue weighted by Gasteiger charge is -2.29. The van der Waals surface area contributed by atoms with Gasteiger partial charge in [-0.25, -0.2) is 13.4 Å². The normalized spacial score (nSPS) is 16.6. The van der Waals surface area contributed by atoms with Crippen LogP contribution in [-0.4, -0.2) is 36.8 Å². The quantitative estimate of drug-likeness (QED) is 0.480. The molecule has 18 heavy (non-hydrogen) atoms. The third kappa shape index (κ3) is 3.44. The molecule has 1 aliphatic rings. The number of halogens is 1. The van der Waals surface area contributed by atoms with E-state index in [-0.39, 0.29) is 0 Å². The molecule has 2 rings (SSSR count). The van der Waals surface area contributed by atoms with E-state index in [2.05, 4.69) is 0 Å². The SMILES string of the molecule is Cc1ccc(N(SN2CCOCC2)C(=O)F)cc1. The summed E-state index contributed by atoms with van der Waals surface area (Å²) < 4.78 is 21.3. The van der Waals surface area contributed by atoms with Gasteiger partial charge in [-0.1, -0.05) is 17.7 Å². The lowest BCUT2D eigenvalue weighted by atomic mass is 10.2. The van der Waals surface area contributed by atoms with E-state index in [9.17, 15) is 9.18 Å². The standard InChI is InChI=1S/C12H15FN2O2S/c1-10-2-4-11(5-3-10)15(12(13)16)18-14-6-8-17-9-7-14/h2-5H,6-9H2,1H3. The van der Waals surface area contributed by atoms with Crippen LogP contribution in [0.3, 0.4) is 0 Å². The van der Waals surface area contributed by atoms with Crippen LogP contribution >= 0.6 is 12.1 Å². The second-order valence-electron chi connectivity index (χ2n) is 4.01. The highest BCUT2D eigenvalue weighted by Gasteiger charge is 2.21. The van der Waals surface area contributed by atoms with Gasteiger partial charge in [0.1, 0.15) is 0 Å². The fourth-order valence-corrected chi connectivity index (χ4v) is 2.43. The zero-order valence-corrected chi connectivity index (χ0v) is 11.0. The first-order chi connectivity index (χ1) is 8.66. The van der Waals surface area contributed by atoms with Crippen molar-refractivity contribution in [2.24, 2.45) is 0 Å². The molecule has 0 aromatic heterocycles. The third-order valence-electron chi connectivity index (χ3n) is 2.60. The van der Waals surface area contributed by atoms with Gasteiger partial charge in [0.05, 0.1) is 18.9 Å². The molecule has 1 aromatic rings. The summed E-state index contributed by atoms with van der Waals surface area (Å²) in [5.41, 5.74) is 1.62. The molecular weight excluding hydrogens is 255 g/mol. The van der Waals surface area contributed by atoms with Crippen molar-refractivity contribution in [2.75, 3.05) is 30.6 Å². The summed E-state index contributed by atoms with van der Waals surface area (Å²) in [5.74, 6) is 0. The maximum Gasteiger partial charge on any atom is 0.415 e. The average molecular weight is 270 g/mol. The van der Waals surface area contributed by atoms with E-state index >= 15 is 0 Å². The van der Waals surface area contributed by atoms with Crippen molar-refractivity contribution in [2.45, 2.75) is 6.92 Å². The lowest BCUT2D eigenvalue weighted by Crippen LogP contribution is -2.35. The molecule has 0 saturated carbocycles. The van der Waals surface area contributed by atoms with E-state index < -0.39 is 6.16 Å². The average Bonchev–Trinajstić information content (AvgIpc) is 2.38. The zero-order chi connectivity index (χ0) is 13.0. The number of benzene rings is 1. The van der Waals surface area contributed by atoms with E-state index in [1.54, 1.807) is 12.1 Å². The molecule has 0 bridgehead atoms. The molecule has 1 aromatic carbocycles. The van der Waals surface area contributed by atoms with Crippen molar-refractivity contribution in [1.82, 2.24) is 4.31 Å². The molecule has 0 radical (unpaired) electrons. The Morgan fingerprint density at radius 2 is 1.94 bits per heavy atom. The van der Waals surface area contributed by atoms with Gasteiger partial charge in [-0.05, 0) is 19.1 Å². The predicted molar refractivity (Wildman–Crippen MR) is 70.1 cm³/mol. The Labute approximate surface area is 110 Å². The number of carbonyl (C=O) groups is 1. The minimum atomic E-state index is -1.46. The van der Waals surface area contributed by atoms with Gasteiger partial charge in [-0.3, -0.25) is 0 Å². The molecule has 0 N–H and O–H groups in total. The number of anilines is 1. The third-order valence-corrected chi connectivity index (χ3v) is 3.71. The molecule has 1 heterocycles. The molecule has 6 heteroatoms. The van der Waals surface area contributed by atoms with Crippen LogP contribution in [0.4, 0.5) is 14.9 Å². The first-order valence-electron chi connectivity index (χ1n) is 5.74. The second-order valence-corrected chi connectivity index (χ2v) is 5.05. The fraction of sp³-hybridized carbons (Fsp3) is 0.417. The van der Waals surface area contributed by atoms with Crippen molar-refractivity contribution in [3.05, 3.63) is 29.8 Å². The molecule has 0 atom stereocenters. The second kappa shape index (κ2) is 6.17. The van der Waals surface area contributed by atoms with Crippen LogP contribution in [0.2, 0.25) is 0 Å². The van der Waals surface area contributed by atoms with Gasteiger partial charge < -0.3 is 4.74 Å². The molecular formula is C12H15FN2O2S. The number of hydrogen-bond acceptors (Lipinski definition) is 4. The van der Waals surface area contributed by atoms with Crippen LogP contribution in [0.25, 0.3) is 0 Å². The number of hydrogen-bond donors (Lipinski definition) is 0. The van der Waals surface area contributed by atoms with Gasteiger partial charge in [0.15, 0.2) is 0 Å². The Bertz CT molecular complexity index is 407. The number of ether oxygens (including phenoxy) is 1. The van der Waals surface area contributed by atoms with Gasteiger partial charge in [-0.15, -0.1) is 4.39 Å². The van der Waals surface area contributed by atoms with Crippen molar-refractivity contribution in [1.29, 1.82) is 0 Å². The van der Waals surface area contributed by atoms with E-state index in [0.29, 0.717) is 32.0 Å². The molecule has 1 aliphatic heterocycles. The first-order valence-corrected chi connectivity index (χ1v) is 6.47. The Balaban J connectivity index is 2.07. The smallest absolute Gasteiger partial charge is 0.379 e. The van der Waals surface area contributed by atoms with Gasteiger partial charge in [0.2, 0.25) is 0 Å². The van der Waals surface area contributed by atoms with Gasteiger partial charge >= 0.3 is 6.16 Å². The number of carbonyl (C=O) groups excluding carboxylic acids is 1. The van der Waals surface area contributed by atoms with Gasteiger partial charge in [0.25, 0.3) is 0 Å². The van der Waals surface area contributed by atoms with Crippen molar-refractivity contribution >= 4 is 24.0 Å². The molecule has 0 unspecified atom stereocenters. The molecule has 0 aliphatic carbocycles. The van der Waals surface area contributed by atoms with Crippen molar-refractivity contribution < 1.29 is 13.9 Å². The Morgan fingerprint density at radius 3 is 2.50 bits per heavy atom. The van der Waals surface area contributed by atoms with Crippen LogP contribution in [0, 0.1) is 6.92 Å². The van der Waals surface area contributed by atoms with Crippen LogP contribution in [0.1, 0.15) is 5.56 Å². The highest BCUT2D eigenvalue weighted by Crippen LogP contribution is 2.27. The van der Waals surface area contributed by atoms with Crippen LogP contribution in [0.5, 0.6) is 0 Å². The highest BCUT2D eigenvalue weighted by molar-refractivity contribution is 7.99. The number of rotatable bonds is 3. The Hall–Kier alpha value is -1.11. The van der Waals surface area contributed by atoms with E-state index in [1.165, 1.54) is 0 Å². The molecule has 1 fully saturated rings. The molecule has 98 valence electrons. The first kappa shape index (κ1) is 13.3. The zero-order valence-electron chi connectivity index (χ0n) is 10.1. The largest absolute Gasteiger partial charge is 0.415 e. The molecule has 0 spiro atoms. The summed E-state index contributed by atoms with van der Waals surface area (Å²) in [7, 11) is 0. The number of nitrogens with zero attached hydrogens (tertiary/aromatic N) is 2. The van der Waals surface area contributed by atoms with Crippen molar-refractivity contribution in [3.8, 4) is 0 Å². The van der Waals surface area contributed by atoms with Crippen LogP contribution in [0.15, 0.2) is 24.3 Å². The fourth-order valence-electron chi connectivity index (χ4n) is 1.60. The maximum atomic E-state index is 13.1. The summed E-state index contributed by atoms with van der Waals surface area (Å²) in [6, 6.07) is 7.18. The van der Waals surface area contributed by atoms with E-state index in [0.717, 1.165) is 22.0 Å². The summed E-state index contributed by atoms with van der Waals surface area (Å²) in [6.07, 6.45) is -1.46. The summed E-state index contributed by atoms with van der Waals surface area (Å²) in [6.45, 7) is 4.52. The predicted octanol–water partition coefficient (Wildman–Crippen LogP) is 2.79. The number of amides is 1. The molecule has 4 nitrogen and oxygen atoms in total. The van der Waals surface area contributed by atoms with E-state index in [4.69, 9.17) is 4.74 Å². The minimum absolute atomic E-state index is 0.546. The summed E-state index contributed by atoms with van der Waals surface area (Å²) >= 11 is 1.09. The topological polar surface area (TPSA) is 32.8 Å². The lowest BCUT2D eigenvalue weighted by molar-refractivity contribution is 0.0772. The van der Waals surface area contributed by atoms with Crippen LogP contribution < -0.4 is 4.31 Å². The summed E-state index contributed by atoms with van der Waals surface area (Å²) in [4.78, 5) is 11.1. The highest BCUT2D eigenvalue weighted by atomic mass is 32.2.